The summed E-state index contributed by atoms with van der Waals surface area (Å²) in [6.07, 6.45) is 1.06. The van der Waals surface area contributed by atoms with Crippen LogP contribution < -0.4 is 5.32 Å². The minimum atomic E-state index is -0.314. The lowest BCUT2D eigenvalue weighted by molar-refractivity contribution is 0.0605. The van der Waals surface area contributed by atoms with Gasteiger partial charge in [-0.1, -0.05) is 25.2 Å². The molecular weight excluding hydrogens is 262 g/mol. The molecule has 0 saturated carbocycles. The Balaban J connectivity index is 2.40. The fourth-order valence-electron chi connectivity index (χ4n) is 1.79. The summed E-state index contributed by atoms with van der Waals surface area (Å²) in [5, 5.41) is 4.05. The molecule has 0 unspecified atom stereocenters. The molecule has 0 aliphatic rings. The lowest BCUT2D eigenvalue weighted by Crippen LogP contribution is -2.25. The molecular formula is C13H23N3O2S. The second kappa shape index (κ2) is 8.12. The van der Waals surface area contributed by atoms with E-state index in [1.54, 1.807) is 0 Å². The van der Waals surface area contributed by atoms with Crippen LogP contribution in [-0.4, -0.2) is 49.1 Å². The molecule has 0 saturated heterocycles. The van der Waals surface area contributed by atoms with Crippen molar-refractivity contribution < 1.29 is 9.53 Å². The van der Waals surface area contributed by atoms with Gasteiger partial charge >= 0.3 is 5.97 Å². The standard InChI is InChI=1S/C13H23N3O2S/c1-5-16(6-2)9-7-8-14-13-15-10(3)11(19-13)12(17)18-4/h5-9H2,1-4H3,(H,14,15). The fourth-order valence-corrected chi connectivity index (χ4v) is 2.70. The Kier molecular flexibility index (Phi) is 6.80. The van der Waals surface area contributed by atoms with Gasteiger partial charge in [-0.05, 0) is 33.0 Å². The van der Waals surface area contributed by atoms with Crippen LogP contribution in [0.2, 0.25) is 0 Å². The molecule has 108 valence electrons. The van der Waals surface area contributed by atoms with E-state index < -0.39 is 0 Å². The van der Waals surface area contributed by atoms with Gasteiger partial charge in [-0.25, -0.2) is 9.78 Å². The van der Waals surface area contributed by atoms with Gasteiger partial charge in [-0.15, -0.1) is 0 Å². The van der Waals surface area contributed by atoms with Crippen molar-refractivity contribution in [2.45, 2.75) is 27.2 Å². The molecule has 0 spiro atoms. The van der Waals surface area contributed by atoms with Gasteiger partial charge in [0.15, 0.2) is 5.13 Å². The summed E-state index contributed by atoms with van der Waals surface area (Å²) in [6.45, 7) is 10.3. The normalized spacial score (nSPS) is 10.8. The van der Waals surface area contributed by atoms with Crippen LogP contribution in [0, 0.1) is 6.92 Å². The zero-order chi connectivity index (χ0) is 14.3. The van der Waals surface area contributed by atoms with Gasteiger partial charge in [0.2, 0.25) is 0 Å². The van der Waals surface area contributed by atoms with E-state index in [1.165, 1.54) is 18.4 Å². The third-order valence-corrected chi connectivity index (χ3v) is 4.08. The minimum Gasteiger partial charge on any atom is -0.465 e. The van der Waals surface area contributed by atoms with E-state index in [0.717, 1.165) is 43.4 Å². The molecule has 0 atom stereocenters. The maximum absolute atomic E-state index is 11.5. The zero-order valence-electron chi connectivity index (χ0n) is 12.2. The lowest BCUT2D eigenvalue weighted by atomic mass is 10.3. The summed E-state index contributed by atoms with van der Waals surface area (Å²) in [6, 6.07) is 0. The molecule has 0 amide bonds. The highest BCUT2D eigenvalue weighted by molar-refractivity contribution is 7.17. The quantitative estimate of drug-likeness (QED) is 0.587. The van der Waals surface area contributed by atoms with Crippen LogP contribution >= 0.6 is 11.3 Å². The van der Waals surface area contributed by atoms with Gasteiger partial charge in [-0.3, -0.25) is 0 Å². The number of carbonyl (C=O) groups excluding carboxylic acids is 1. The molecule has 0 fully saturated rings. The molecule has 19 heavy (non-hydrogen) atoms. The predicted octanol–water partition coefficient (Wildman–Crippen LogP) is 2.38. The van der Waals surface area contributed by atoms with E-state index in [9.17, 15) is 4.79 Å². The summed E-state index contributed by atoms with van der Waals surface area (Å²) in [5.74, 6) is -0.314. The van der Waals surface area contributed by atoms with E-state index in [0.29, 0.717) is 4.88 Å². The second-order valence-electron chi connectivity index (χ2n) is 4.23. The Morgan fingerprint density at radius 3 is 2.68 bits per heavy atom. The molecule has 1 heterocycles. The first kappa shape index (κ1) is 15.9. The number of anilines is 1. The lowest BCUT2D eigenvalue weighted by Gasteiger charge is -2.17. The highest BCUT2D eigenvalue weighted by Gasteiger charge is 2.15. The number of ether oxygens (including phenoxy) is 1. The van der Waals surface area contributed by atoms with Crippen molar-refractivity contribution in [3.63, 3.8) is 0 Å². The van der Waals surface area contributed by atoms with Crippen LogP contribution in [0.3, 0.4) is 0 Å². The van der Waals surface area contributed by atoms with Crippen molar-refractivity contribution in [2.75, 3.05) is 38.6 Å². The van der Waals surface area contributed by atoms with Crippen LogP contribution in [0.4, 0.5) is 5.13 Å². The van der Waals surface area contributed by atoms with Crippen molar-refractivity contribution in [2.24, 2.45) is 0 Å². The van der Waals surface area contributed by atoms with Crippen LogP contribution in [-0.2, 0) is 4.74 Å². The minimum absolute atomic E-state index is 0.314. The van der Waals surface area contributed by atoms with Gasteiger partial charge in [0, 0.05) is 6.54 Å². The molecule has 5 nitrogen and oxygen atoms in total. The summed E-state index contributed by atoms with van der Waals surface area (Å²) in [4.78, 5) is 18.7. The number of aryl methyl sites for hydroxylation is 1. The van der Waals surface area contributed by atoms with E-state index in [2.05, 4.69) is 29.0 Å². The Hall–Kier alpha value is -1.14. The SMILES string of the molecule is CCN(CC)CCCNc1nc(C)c(C(=O)OC)s1. The third kappa shape index (κ3) is 4.80. The van der Waals surface area contributed by atoms with Crippen molar-refractivity contribution in [3.05, 3.63) is 10.6 Å². The van der Waals surface area contributed by atoms with Crippen molar-refractivity contribution in [3.8, 4) is 0 Å². The van der Waals surface area contributed by atoms with Crippen LogP contribution in [0.25, 0.3) is 0 Å². The van der Waals surface area contributed by atoms with Crippen LogP contribution in [0.1, 0.15) is 35.6 Å². The average Bonchev–Trinajstić information content (AvgIpc) is 2.79. The number of esters is 1. The Bertz CT molecular complexity index is 403. The Labute approximate surface area is 119 Å². The molecule has 0 aliphatic heterocycles. The number of carbonyl (C=O) groups is 1. The Morgan fingerprint density at radius 2 is 2.11 bits per heavy atom. The number of nitrogens with zero attached hydrogens (tertiary/aromatic N) is 2. The summed E-state index contributed by atoms with van der Waals surface area (Å²) < 4.78 is 4.71. The van der Waals surface area contributed by atoms with Gasteiger partial charge in [0.05, 0.1) is 12.8 Å². The molecule has 0 radical (unpaired) electrons. The maximum atomic E-state index is 11.5. The van der Waals surface area contributed by atoms with E-state index in [1.807, 2.05) is 6.92 Å². The highest BCUT2D eigenvalue weighted by atomic mass is 32.1. The number of hydrogen-bond donors (Lipinski definition) is 1. The number of nitrogens with one attached hydrogen (secondary N) is 1. The number of thiazole rings is 1. The molecule has 1 aromatic heterocycles. The van der Waals surface area contributed by atoms with E-state index in [4.69, 9.17) is 4.74 Å². The Morgan fingerprint density at radius 1 is 1.42 bits per heavy atom. The molecule has 6 heteroatoms. The smallest absolute Gasteiger partial charge is 0.350 e. The largest absolute Gasteiger partial charge is 0.465 e. The van der Waals surface area contributed by atoms with Crippen LogP contribution in [0.5, 0.6) is 0 Å². The second-order valence-corrected chi connectivity index (χ2v) is 5.23. The highest BCUT2D eigenvalue weighted by Crippen LogP contribution is 2.23. The van der Waals surface area contributed by atoms with Crippen molar-refractivity contribution in [1.29, 1.82) is 0 Å². The zero-order valence-corrected chi connectivity index (χ0v) is 13.0. The van der Waals surface area contributed by atoms with E-state index in [-0.39, 0.29) is 5.97 Å². The van der Waals surface area contributed by atoms with Crippen molar-refractivity contribution >= 4 is 22.4 Å². The number of aromatic nitrogens is 1. The van der Waals surface area contributed by atoms with Crippen molar-refractivity contribution in [1.82, 2.24) is 9.88 Å². The molecule has 0 aliphatic carbocycles. The monoisotopic (exact) mass is 285 g/mol. The summed E-state index contributed by atoms with van der Waals surface area (Å²) in [5.41, 5.74) is 0.725. The first-order valence-electron chi connectivity index (χ1n) is 6.64. The molecule has 1 rings (SSSR count). The molecule has 1 aromatic rings. The van der Waals surface area contributed by atoms with E-state index >= 15 is 0 Å². The number of methoxy groups -OCH3 is 1. The van der Waals surface area contributed by atoms with Gasteiger partial charge in [0.25, 0.3) is 0 Å². The third-order valence-electron chi connectivity index (χ3n) is 2.99. The van der Waals surface area contributed by atoms with Gasteiger partial charge in [0.1, 0.15) is 4.88 Å². The first-order chi connectivity index (χ1) is 9.12. The maximum Gasteiger partial charge on any atom is 0.350 e. The average molecular weight is 285 g/mol. The van der Waals surface area contributed by atoms with Gasteiger partial charge in [-0.2, -0.15) is 0 Å². The van der Waals surface area contributed by atoms with Gasteiger partial charge < -0.3 is 15.0 Å². The topological polar surface area (TPSA) is 54.5 Å². The fraction of sp³-hybridized carbons (Fsp3) is 0.692. The van der Waals surface area contributed by atoms with Crippen LogP contribution in [0.15, 0.2) is 0 Å². The summed E-state index contributed by atoms with van der Waals surface area (Å²) >= 11 is 1.35. The summed E-state index contributed by atoms with van der Waals surface area (Å²) in [7, 11) is 1.39. The predicted molar refractivity (Wildman–Crippen MR) is 79.1 cm³/mol. The molecule has 0 aromatic carbocycles. The first-order valence-corrected chi connectivity index (χ1v) is 7.45. The molecule has 0 bridgehead atoms. The number of rotatable bonds is 8. The number of hydrogen-bond acceptors (Lipinski definition) is 6. The molecule has 1 N–H and O–H groups in total.